The molecule has 6 heteroatoms. The highest BCUT2D eigenvalue weighted by atomic mass is 16.2. The fraction of sp³-hybridized carbons (Fsp3) is 0. The summed E-state index contributed by atoms with van der Waals surface area (Å²) in [7, 11) is 0. The van der Waals surface area contributed by atoms with Gasteiger partial charge in [0.15, 0.2) is 5.69 Å². The Morgan fingerprint density at radius 3 is 1.60 bits per heavy atom. The molecule has 58 heavy (non-hydrogen) atoms. The van der Waals surface area contributed by atoms with E-state index >= 15 is 4.79 Å². The first-order valence-electron chi connectivity index (χ1n) is 18.9. The van der Waals surface area contributed by atoms with Crippen LogP contribution in [0.5, 0.6) is 0 Å². The van der Waals surface area contributed by atoms with Crippen LogP contribution in [-0.2, 0) is 0 Å². The van der Waals surface area contributed by atoms with E-state index in [4.69, 9.17) is 6.57 Å². The highest BCUT2D eigenvalue weighted by Crippen LogP contribution is 2.45. The summed E-state index contributed by atoms with van der Waals surface area (Å²) in [6, 6.07) is 60.7. The highest BCUT2D eigenvalue weighted by molar-refractivity contribution is 6.37. The van der Waals surface area contributed by atoms with Crippen molar-refractivity contribution in [2.24, 2.45) is 0 Å². The number of benzene rings is 8. The fourth-order valence-corrected chi connectivity index (χ4v) is 8.32. The van der Waals surface area contributed by atoms with Crippen molar-refractivity contribution in [2.45, 2.75) is 0 Å². The van der Waals surface area contributed by atoms with Gasteiger partial charge in [-0.1, -0.05) is 152 Å². The minimum atomic E-state index is -0.414. The van der Waals surface area contributed by atoms with E-state index in [1.54, 1.807) is 18.2 Å². The Labute approximate surface area is 334 Å². The number of carbonyl (C=O) groups excluding carboxylic acids is 2. The molecule has 8 aromatic carbocycles. The lowest BCUT2D eigenvalue weighted by molar-refractivity contribution is 0.0926. The molecule has 1 aromatic heterocycles. The van der Waals surface area contributed by atoms with Gasteiger partial charge in [0, 0.05) is 27.5 Å². The van der Waals surface area contributed by atoms with Gasteiger partial charge in [-0.2, -0.15) is 5.26 Å². The molecular formula is C52H30N4O2. The second kappa shape index (κ2) is 13.8. The van der Waals surface area contributed by atoms with E-state index in [0.29, 0.717) is 33.8 Å². The number of nitriles is 1. The molecule has 0 spiro atoms. The van der Waals surface area contributed by atoms with E-state index in [-0.39, 0.29) is 0 Å². The normalized spacial score (nSPS) is 12.1. The number of carbonyl (C=O) groups is 2. The first-order chi connectivity index (χ1) is 28.5. The third-order valence-electron chi connectivity index (χ3n) is 11.0. The van der Waals surface area contributed by atoms with Crippen molar-refractivity contribution in [3.8, 4) is 56.3 Å². The summed E-state index contributed by atoms with van der Waals surface area (Å²) in [4.78, 5) is 35.1. The SMILES string of the molecule is [C-]#[N+]c1ccc(-c2cccc3c4cccc(-c5ccc(C#N)cc5)c4n(-c4cccc5c4C(=O)N(c4cc(-c6ccccc6)ccc4-c4ccccc4)C5=O)c23)cc1. The molecule has 0 radical (unpaired) electrons. The number of anilines is 1. The van der Waals surface area contributed by atoms with Crippen LogP contribution < -0.4 is 4.90 Å². The van der Waals surface area contributed by atoms with Crippen molar-refractivity contribution in [3.05, 3.63) is 210 Å². The Morgan fingerprint density at radius 2 is 1.00 bits per heavy atom. The maximum Gasteiger partial charge on any atom is 0.268 e. The van der Waals surface area contributed by atoms with Crippen LogP contribution in [0.2, 0.25) is 0 Å². The van der Waals surface area contributed by atoms with E-state index in [9.17, 15) is 10.1 Å². The molecule has 0 aliphatic carbocycles. The van der Waals surface area contributed by atoms with Crippen molar-refractivity contribution in [2.75, 3.05) is 4.90 Å². The number of hydrogen-bond acceptors (Lipinski definition) is 3. The molecule has 2 heterocycles. The molecule has 1 aliphatic rings. The first-order valence-corrected chi connectivity index (χ1v) is 18.9. The smallest absolute Gasteiger partial charge is 0.268 e. The lowest BCUT2D eigenvalue weighted by Crippen LogP contribution is -2.30. The number of rotatable bonds is 6. The monoisotopic (exact) mass is 742 g/mol. The van der Waals surface area contributed by atoms with Gasteiger partial charge in [0.2, 0.25) is 0 Å². The predicted octanol–water partition coefficient (Wildman–Crippen LogP) is 12.7. The molecule has 10 rings (SSSR count). The van der Waals surface area contributed by atoms with Gasteiger partial charge in [0.1, 0.15) is 0 Å². The summed E-state index contributed by atoms with van der Waals surface area (Å²) in [5.41, 5.74) is 11.6. The zero-order valence-electron chi connectivity index (χ0n) is 30.9. The van der Waals surface area contributed by atoms with Crippen LogP contribution >= 0.6 is 0 Å². The highest BCUT2D eigenvalue weighted by Gasteiger charge is 2.41. The van der Waals surface area contributed by atoms with E-state index in [0.717, 1.165) is 66.3 Å². The Bertz CT molecular complexity index is 3090. The molecule has 0 unspecified atom stereocenters. The van der Waals surface area contributed by atoms with Crippen molar-refractivity contribution in [1.29, 1.82) is 5.26 Å². The predicted molar refractivity (Wildman–Crippen MR) is 231 cm³/mol. The van der Waals surface area contributed by atoms with Crippen molar-refractivity contribution >= 4 is 45.0 Å². The summed E-state index contributed by atoms with van der Waals surface area (Å²) in [5, 5.41) is 11.5. The van der Waals surface area contributed by atoms with Gasteiger partial charge in [0.05, 0.1) is 51.7 Å². The van der Waals surface area contributed by atoms with Crippen LogP contribution in [0.4, 0.5) is 11.4 Å². The van der Waals surface area contributed by atoms with Crippen LogP contribution in [-0.4, -0.2) is 16.4 Å². The number of para-hydroxylation sites is 2. The molecule has 0 fully saturated rings. The molecule has 0 saturated carbocycles. The topological polar surface area (TPSA) is 70.5 Å². The second-order valence-electron chi connectivity index (χ2n) is 14.2. The second-order valence-corrected chi connectivity index (χ2v) is 14.2. The largest absolute Gasteiger partial charge is 0.307 e. The van der Waals surface area contributed by atoms with Crippen LogP contribution in [0.15, 0.2) is 182 Å². The van der Waals surface area contributed by atoms with E-state index in [2.05, 4.69) is 33.7 Å². The van der Waals surface area contributed by atoms with Crippen molar-refractivity contribution in [3.63, 3.8) is 0 Å². The van der Waals surface area contributed by atoms with Crippen molar-refractivity contribution < 1.29 is 9.59 Å². The number of aromatic nitrogens is 1. The average Bonchev–Trinajstić information content (AvgIpc) is 3.77. The molecule has 2 amide bonds. The molecule has 0 atom stereocenters. The number of hydrogen-bond donors (Lipinski definition) is 0. The maximum absolute atomic E-state index is 15.3. The van der Waals surface area contributed by atoms with Gasteiger partial charge in [-0.25, -0.2) is 9.74 Å². The Hall–Kier alpha value is -8.32. The molecule has 9 aromatic rings. The van der Waals surface area contributed by atoms with Gasteiger partial charge in [-0.15, -0.1) is 0 Å². The first kappa shape index (κ1) is 34.2. The third-order valence-corrected chi connectivity index (χ3v) is 11.0. The number of nitrogens with zero attached hydrogens (tertiary/aromatic N) is 4. The van der Waals surface area contributed by atoms with Gasteiger partial charge in [0.25, 0.3) is 11.8 Å². The Morgan fingerprint density at radius 1 is 0.466 bits per heavy atom. The van der Waals surface area contributed by atoms with Crippen LogP contribution in [0.25, 0.3) is 76.8 Å². The van der Waals surface area contributed by atoms with Crippen molar-refractivity contribution in [1.82, 2.24) is 4.57 Å². The minimum Gasteiger partial charge on any atom is -0.307 e. The molecule has 0 saturated heterocycles. The summed E-state index contributed by atoms with van der Waals surface area (Å²) in [6.07, 6.45) is 0. The van der Waals surface area contributed by atoms with E-state index in [1.807, 2.05) is 146 Å². The fourth-order valence-electron chi connectivity index (χ4n) is 8.32. The molecular weight excluding hydrogens is 713 g/mol. The van der Waals surface area contributed by atoms with Gasteiger partial charge < -0.3 is 4.57 Å². The zero-order chi connectivity index (χ0) is 39.3. The molecule has 0 N–H and O–H groups in total. The summed E-state index contributed by atoms with van der Waals surface area (Å²) >= 11 is 0. The van der Waals surface area contributed by atoms with Gasteiger partial charge >= 0.3 is 0 Å². The lowest BCUT2D eigenvalue weighted by Gasteiger charge is -2.20. The standard InChI is InChI=1S/C52H30N4O2/c1-54-39-28-25-37(26-29-39)42-16-9-18-44-43-17-8-15-41(36-23-21-33(32-53)22-24-36)49(43)55(50(42)44)46-20-10-19-45-48(46)52(58)56(51(45)57)47-31-38(34-11-4-2-5-12-34)27-30-40(47)35-13-6-3-7-14-35/h2-31H. The van der Waals surface area contributed by atoms with Crippen LogP contribution in [0, 0.1) is 17.9 Å². The molecule has 270 valence electrons. The quantitative estimate of drug-likeness (QED) is 0.126. The lowest BCUT2D eigenvalue weighted by atomic mass is 9.97. The zero-order valence-corrected chi connectivity index (χ0v) is 30.9. The van der Waals surface area contributed by atoms with Gasteiger partial charge in [-0.05, 0) is 58.1 Å². The number of imide groups is 1. The van der Waals surface area contributed by atoms with Crippen LogP contribution in [0.1, 0.15) is 26.3 Å². The average molecular weight is 743 g/mol. The summed E-state index contributed by atoms with van der Waals surface area (Å²) in [6.45, 7) is 7.54. The Balaban J connectivity index is 1.25. The Kier molecular flexibility index (Phi) is 8.11. The van der Waals surface area contributed by atoms with Crippen LogP contribution in [0.3, 0.4) is 0 Å². The van der Waals surface area contributed by atoms with E-state index in [1.165, 1.54) is 4.90 Å². The van der Waals surface area contributed by atoms with E-state index < -0.39 is 11.8 Å². The number of amides is 2. The third kappa shape index (κ3) is 5.40. The summed E-state index contributed by atoms with van der Waals surface area (Å²) in [5.74, 6) is -0.810. The maximum atomic E-state index is 15.3. The molecule has 1 aliphatic heterocycles. The molecule has 0 bridgehead atoms. The molecule has 6 nitrogen and oxygen atoms in total. The van der Waals surface area contributed by atoms with Gasteiger partial charge in [-0.3, -0.25) is 9.59 Å². The minimum absolute atomic E-state index is 0.309. The number of fused-ring (bicyclic) bond motifs is 4. The summed E-state index contributed by atoms with van der Waals surface area (Å²) < 4.78 is 2.13.